The fraction of sp³-hybridized carbons (Fsp3) is 0.440. The van der Waals surface area contributed by atoms with Crippen LogP contribution in [0.1, 0.15) is 48.8 Å². The first-order chi connectivity index (χ1) is 15.1. The number of guanidine groups is 1. The molecule has 0 spiro atoms. The summed E-state index contributed by atoms with van der Waals surface area (Å²) < 4.78 is 5.23. The van der Waals surface area contributed by atoms with Crippen molar-refractivity contribution in [3.05, 3.63) is 65.2 Å². The summed E-state index contributed by atoms with van der Waals surface area (Å²) >= 11 is 0. The van der Waals surface area contributed by atoms with Crippen LogP contribution in [0.25, 0.3) is 0 Å². The molecule has 2 aromatic carbocycles. The third-order valence-electron chi connectivity index (χ3n) is 5.81. The molecule has 1 fully saturated rings. The van der Waals surface area contributed by atoms with Crippen molar-refractivity contribution >= 4 is 35.8 Å². The summed E-state index contributed by atoms with van der Waals surface area (Å²) in [4.78, 5) is 18.0. The number of nitrogens with one attached hydrogen (secondary N) is 2. The number of methoxy groups -OCH3 is 1. The molecule has 174 valence electrons. The van der Waals surface area contributed by atoms with Gasteiger partial charge in [-0.3, -0.25) is 9.79 Å². The zero-order valence-corrected chi connectivity index (χ0v) is 21.6. The second-order valence-corrected chi connectivity index (χ2v) is 8.05. The Kier molecular flexibility index (Phi) is 10.8. The molecule has 32 heavy (non-hydrogen) atoms. The van der Waals surface area contributed by atoms with E-state index in [9.17, 15) is 4.79 Å². The predicted molar refractivity (Wildman–Crippen MR) is 141 cm³/mol. The van der Waals surface area contributed by atoms with Crippen LogP contribution >= 0.6 is 24.0 Å². The van der Waals surface area contributed by atoms with Crippen molar-refractivity contribution in [1.29, 1.82) is 0 Å². The van der Waals surface area contributed by atoms with Crippen LogP contribution in [-0.2, 0) is 17.9 Å². The molecule has 3 rings (SSSR count). The number of amides is 1. The van der Waals surface area contributed by atoms with E-state index in [0.717, 1.165) is 37.6 Å². The van der Waals surface area contributed by atoms with E-state index in [0.29, 0.717) is 25.4 Å². The maximum Gasteiger partial charge on any atom is 0.222 e. The van der Waals surface area contributed by atoms with Crippen LogP contribution < -0.4 is 15.4 Å². The Morgan fingerprint density at radius 2 is 1.78 bits per heavy atom. The zero-order chi connectivity index (χ0) is 22.1. The van der Waals surface area contributed by atoms with Gasteiger partial charge in [0, 0.05) is 39.6 Å². The van der Waals surface area contributed by atoms with Crippen molar-refractivity contribution in [2.75, 3.05) is 27.2 Å². The lowest BCUT2D eigenvalue weighted by atomic mass is 9.98. The fourth-order valence-electron chi connectivity index (χ4n) is 3.77. The van der Waals surface area contributed by atoms with E-state index in [1.807, 2.05) is 17.0 Å². The number of carbonyl (C=O) groups excluding carboxylic acids is 1. The molecule has 0 saturated carbocycles. The van der Waals surface area contributed by atoms with Gasteiger partial charge in [-0.05, 0) is 47.6 Å². The fourth-order valence-corrected chi connectivity index (χ4v) is 3.77. The monoisotopic (exact) mass is 550 g/mol. The highest BCUT2D eigenvalue weighted by molar-refractivity contribution is 14.0. The molecule has 0 radical (unpaired) electrons. The average molecular weight is 550 g/mol. The van der Waals surface area contributed by atoms with E-state index in [-0.39, 0.29) is 29.9 Å². The summed E-state index contributed by atoms with van der Waals surface area (Å²) in [6.07, 6.45) is 2.68. The van der Waals surface area contributed by atoms with Crippen molar-refractivity contribution in [2.24, 2.45) is 4.99 Å². The second kappa shape index (κ2) is 13.3. The van der Waals surface area contributed by atoms with Crippen LogP contribution in [0.3, 0.4) is 0 Å². The van der Waals surface area contributed by atoms with Crippen LogP contribution in [-0.4, -0.2) is 44.0 Å². The minimum atomic E-state index is 0. The first-order valence-electron chi connectivity index (χ1n) is 11.0. The third-order valence-corrected chi connectivity index (χ3v) is 5.81. The van der Waals surface area contributed by atoms with Gasteiger partial charge in [-0.15, -0.1) is 24.0 Å². The number of nitrogens with zero attached hydrogens (tertiary/aromatic N) is 2. The molecule has 2 aromatic rings. The van der Waals surface area contributed by atoms with E-state index in [1.54, 1.807) is 14.2 Å². The molecule has 2 N–H and O–H groups in total. The van der Waals surface area contributed by atoms with E-state index >= 15 is 0 Å². The number of ether oxygens (including phenoxy) is 1. The van der Waals surface area contributed by atoms with E-state index in [2.05, 4.69) is 58.9 Å². The topological polar surface area (TPSA) is 66.0 Å². The van der Waals surface area contributed by atoms with E-state index in [1.165, 1.54) is 16.7 Å². The Morgan fingerprint density at radius 3 is 2.38 bits per heavy atom. The lowest BCUT2D eigenvalue weighted by Crippen LogP contribution is -2.37. The number of hydrogen-bond acceptors (Lipinski definition) is 3. The molecule has 0 aliphatic carbocycles. The highest BCUT2D eigenvalue weighted by Gasteiger charge is 2.19. The number of hydrogen-bond donors (Lipinski definition) is 2. The molecule has 0 aromatic heterocycles. The highest BCUT2D eigenvalue weighted by Crippen LogP contribution is 2.21. The third kappa shape index (κ3) is 7.69. The van der Waals surface area contributed by atoms with Gasteiger partial charge in [0.2, 0.25) is 5.91 Å². The molecular formula is C25H35IN4O2. The Morgan fingerprint density at radius 1 is 1.09 bits per heavy atom. The van der Waals surface area contributed by atoms with Crippen molar-refractivity contribution in [3.8, 4) is 5.75 Å². The number of carbonyl (C=O) groups is 1. The molecular weight excluding hydrogens is 515 g/mol. The van der Waals surface area contributed by atoms with Gasteiger partial charge >= 0.3 is 0 Å². The molecule has 1 amide bonds. The number of halogens is 1. The van der Waals surface area contributed by atoms with Gasteiger partial charge in [0.05, 0.1) is 7.11 Å². The molecule has 1 aliphatic rings. The van der Waals surface area contributed by atoms with Gasteiger partial charge in [-0.1, -0.05) is 43.3 Å². The number of likely N-dealkylation sites (tertiary alicyclic amines) is 1. The maximum absolute atomic E-state index is 11.8. The largest absolute Gasteiger partial charge is 0.497 e. The van der Waals surface area contributed by atoms with Crippen LogP contribution in [0.2, 0.25) is 0 Å². The molecule has 1 atom stereocenters. The lowest BCUT2D eigenvalue weighted by Gasteiger charge is -2.17. The van der Waals surface area contributed by atoms with Crippen molar-refractivity contribution in [3.63, 3.8) is 0 Å². The molecule has 6 nitrogen and oxygen atoms in total. The summed E-state index contributed by atoms with van der Waals surface area (Å²) in [5.41, 5.74) is 3.67. The summed E-state index contributed by atoms with van der Waals surface area (Å²) in [5.74, 6) is 2.40. The van der Waals surface area contributed by atoms with Gasteiger partial charge in [0.1, 0.15) is 5.75 Å². The van der Waals surface area contributed by atoms with Crippen LogP contribution in [0.4, 0.5) is 0 Å². The Hall–Kier alpha value is -2.29. The molecule has 1 aliphatic heterocycles. The van der Waals surface area contributed by atoms with Crippen molar-refractivity contribution in [2.45, 2.75) is 45.2 Å². The minimum Gasteiger partial charge on any atom is -0.497 e. The first-order valence-corrected chi connectivity index (χ1v) is 11.0. The second-order valence-electron chi connectivity index (χ2n) is 8.05. The lowest BCUT2D eigenvalue weighted by molar-refractivity contribution is -0.128. The summed E-state index contributed by atoms with van der Waals surface area (Å²) in [6.45, 7) is 5.37. The highest BCUT2D eigenvalue weighted by atomic mass is 127. The van der Waals surface area contributed by atoms with Gasteiger partial charge in [-0.2, -0.15) is 0 Å². The van der Waals surface area contributed by atoms with Gasteiger partial charge < -0.3 is 20.3 Å². The standard InChI is InChI=1S/C25H34N4O2.HI/c1-19(22-10-12-23(31-3)13-11-22)14-15-27-25(26-2)28-17-20-6-8-21(9-7-20)18-29-16-4-5-24(29)30;/h6-13,19H,4-5,14-18H2,1-3H3,(H2,26,27,28);1H. The molecule has 1 saturated heterocycles. The van der Waals surface area contributed by atoms with Crippen molar-refractivity contribution in [1.82, 2.24) is 15.5 Å². The van der Waals surface area contributed by atoms with Crippen LogP contribution in [0.5, 0.6) is 5.75 Å². The van der Waals surface area contributed by atoms with Gasteiger partial charge in [0.25, 0.3) is 0 Å². The van der Waals surface area contributed by atoms with Crippen LogP contribution in [0, 0.1) is 0 Å². The number of rotatable bonds is 9. The normalized spacial score (nSPS) is 14.7. The first kappa shape index (κ1) is 26.0. The van der Waals surface area contributed by atoms with E-state index < -0.39 is 0 Å². The minimum absolute atomic E-state index is 0. The van der Waals surface area contributed by atoms with Gasteiger partial charge in [0.15, 0.2) is 5.96 Å². The predicted octanol–water partition coefficient (Wildman–Crippen LogP) is 4.29. The Bertz CT molecular complexity index is 869. The summed E-state index contributed by atoms with van der Waals surface area (Å²) in [5, 5.41) is 6.77. The smallest absolute Gasteiger partial charge is 0.222 e. The average Bonchev–Trinajstić information content (AvgIpc) is 3.21. The molecule has 1 unspecified atom stereocenters. The Balaban J connectivity index is 0.00000363. The van der Waals surface area contributed by atoms with Gasteiger partial charge in [-0.25, -0.2) is 0 Å². The SMILES string of the molecule is CN=C(NCCC(C)c1ccc(OC)cc1)NCc1ccc(CN2CCCC2=O)cc1.I. The maximum atomic E-state index is 11.8. The molecule has 7 heteroatoms. The van der Waals surface area contributed by atoms with Crippen LogP contribution in [0.15, 0.2) is 53.5 Å². The molecule has 1 heterocycles. The quantitative estimate of drug-likeness (QED) is 0.278. The number of benzene rings is 2. The Labute approximate surface area is 208 Å². The summed E-state index contributed by atoms with van der Waals surface area (Å²) in [6, 6.07) is 16.7. The van der Waals surface area contributed by atoms with E-state index in [4.69, 9.17) is 4.74 Å². The summed E-state index contributed by atoms with van der Waals surface area (Å²) in [7, 11) is 3.48. The van der Waals surface area contributed by atoms with Crippen molar-refractivity contribution < 1.29 is 9.53 Å². The number of aliphatic imine (C=N–C) groups is 1. The zero-order valence-electron chi connectivity index (χ0n) is 19.3. The molecule has 0 bridgehead atoms.